The fourth-order valence-electron chi connectivity index (χ4n) is 1.72. The van der Waals surface area contributed by atoms with E-state index in [1.54, 1.807) is 11.8 Å². The summed E-state index contributed by atoms with van der Waals surface area (Å²) in [6.45, 7) is 4.14. The molecule has 0 aliphatic heterocycles. The maximum absolute atomic E-state index is 11.9. The van der Waals surface area contributed by atoms with Gasteiger partial charge in [0.1, 0.15) is 0 Å². The number of hydrogen-bond donors (Lipinski definition) is 2. The van der Waals surface area contributed by atoms with Crippen LogP contribution >= 0.6 is 23.4 Å². The highest BCUT2D eigenvalue weighted by Gasteiger charge is 2.08. The van der Waals surface area contributed by atoms with Crippen LogP contribution in [0.15, 0.2) is 35.2 Å². The number of anilines is 1. The van der Waals surface area contributed by atoms with Crippen LogP contribution in [0.5, 0.6) is 0 Å². The number of amides is 1. The molecule has 0 unspecified atom stereocenters. The van der Waals surface area contributed by atoms with E-state index >= 15 is 0 Å². The van der Waals surface area contributed by atoms with Crippen LogP contribution in [0.25, 0.3) is 0 Å². The van der Waals surface area contributed by atoms with Gasteiger partial charge in [0.15, 0.2) is 5.82 Å². The van der Waals surface area contributed by atoms with Gasteiger partial charge in [-0.15, -0.1) is 11.8 Å². The van der Waals surface area contributed by atoms with Crippen molar-refractivity contribution in [2.45, 2.75) is 31.1 Å². The highest BCUT2D eigenvalue weighted by atomic mass is 35.5. The van der Waals surface area contributed by atoms with Gasteiger partial charge in [-0.25, -0.2) is 0 Å². The van der Waals surface area contributed by atoms with Crippen LogP contribution in [-0.4, -0.2) is 21.9 Å². The molecule has 112 valence electrons. The van der Waals surface area contributed by atoms with Gasteiger partial charge in [0, 0.05) is 28.8 Å². The molecule has 6 heteroatoms. The van der Waals surface area contributed by atoms with Gasteiger partial charge in [-0.3, -0.25) is 9.89 Å². The molecule has 0 fully saturated rings. The van der Waals surface area contributed by atoms with Crippen LogP contribution in [0.4, 0.5) is 5.82 Å². The number of rotatable bonds is 6. The lowest BCUT2D eigenvalue weighted by Gasteiger charge is -2.04. The minimum Gasteiger partial charge on any atom is -0.309 e. The predicted molar refractivity (Wildman–Crippen MR) is 88.1 cm³/mol. The first-order chi connectivity index (χ1) is 10.1. The molecule has 4 nitrogen and oxygen atoms in total. The number of benzene rings is 1. The van der Waals surface area contributed by atoms with Gasteiger partial charge in [0.25, 0.3) is 0 Å². The highest BCUT2D eigenvalue weighted by Crippen LogP contribution is 2.27. The van der Waals surface area contributed by atoms with Crippen LogP contribution in [0.3, 0.4) is 0 Å². The first-order valence-electron chi connectivity index (χ1n) is 6.78. The van der Waals surface area contributed by atoms with Gasteiger partial charge >= 0.3 is 0 Å². The third kappa shape index (κ3) is 4.79. The van der Waals surface area contributed by atoms with E-state index in [9.17, 15) is 4.79 Å². The number of carbonyl (C=O) groups is 1. The van der Waals surface area contributed by atoms with E-state index in [1.165, 1.54) is 0 Å². The van der Waals surface area contributed by atoms with Gasteiger partial charge in [-0.05, 0) is 18.1 Å². The summed E-state index contributed by atoms with van der Waals surface area (Å²) in [5.74, 6) is 1.57. The van der Waals surface area contributed by atoms with Crippen molar-refractivity contribution in [2.24, 2.45) is 0 Å². The minimum absolute atomic E-state index is 0.0450. The normalized spacial score (nSPS) is 10.9. The average molecular weight is 324 g/mol. The number of carbonyl (C=O) groups excluding carboxylic acids is 1. The monoisotopic (exact) mass is 323 g/mol. The van der Waals surface area contributed by atoms with E-state index in [-0.39, 0.29) is 5.91 Å². The van der Waals surface area contributed by atoms with E-state index in [1.807, 2.05) is 30.3 Å². The van der Waals surface area contributed by atoms with Crippen LogP contribution < -0.4 is 5.32 Å². The van der Waals surface area contributed by atoms with E-state index in [4.69, 9.17) is 11.6 Å². The van der Waals surface area contributed by atoms with Crippen molar-refractivity contribution in [1.29, 1.82) is 0 Å². The Morgan fingerprint density at radius 2 is 2.19 bits per heavy atom. The lowest BCUT2D eigenvalue weighted by molar-refractivity contribution is -0.115. The van der Waals surface area contributed by atoms with E-state index in [2.05, 4.69) is 29.4 Å². The Labute approximate surface area is 133 Å². The van der Waals surface area contributed by atoms with Crippen molar-refractivity contribution in [2.75, 3.05) is 11.1 Å². The largest absolute Gasteiger partial charge is 0.309 e. The lowest BCUT2D eigenvalue weighted by atomic mass is 10.1. The second kappa shape index (κ2) is 7.52. The van der Waals surface area contributed by atoms with Gasteiger partial charge < -0.3 is 5.32 Å². The summed E-state index contributed by atoms with van der Waals surface area (Å²) < 4.78 is 0. The maximum Gasteiger partial charge on any atom is 0.226 e. The Hall–Kier alpha value is -1.46. The van der Waals surface area contributed by atoms with Crippen molar-refractivity contribution < 1.29 is 4.79 Å². The molecule has 1 aromatic carbocycles. The molecular weight excluding hydrogens is 306 g/mol. The van der Waals surface area contributed by atoms with E-state index < -0.39 is 0 Å². The highest BCUT2D eigenvalue weighted by molar-refractivity contribution is 7.99. The summed E-state index contributed by atoms with van der Waals surface area (Å²) in [5, 5.41) is 10.5. The zero-order valence-electron chi connectivity index (χ0n) is 12.0. The molecule has 0 bridgehead atoms. The van der Waals surface area contributed by atoms with Gasteiger partial charge in [-0.2, -0.15) is 5.10 Å². The first-order valence-corrected chi connectivity index (χ1v) is 8.15. The average Bonchev–Trinajstić information content (AvgIpc) is 2.89. The molecule has 21 heavy (non-hydrogen) atoms. The van der Waals surface area contributed by atoms with Crippen molar-refractivity contribution in [3.05, 3.63) is 41.0 Å². The van der Waals surface area contributed by atoms with Crippen LogP contribution in [-0.2, 0) is 4.79 Å². The second-order valence-electron chi connectivity index (χ2n) is 4.94. The van der Waals surface area contributed by atoms with Crippen molar-refractivity contribution >= 4 is 35.1 Å². The predicted octanol–water partition coefficient (Wildman–Crippen LogP) is 4.31. The summed E-state index contributed by atoms with van der Waals surface area (Å²) in [7, 11) is 0. The number of hydrogen-bond acceptors (Lipinski definition) is 3. The number of aromatic nitrogens is 2. The first kappa shape index (κ1) is 15.9. The quantitative estimate of drug-likeness (QED) is 0.779. The number of halogens is 1. The molecule has 1 heterocycles. The summed E-state index contributed by atoms with van der Waals surface area (Å²) in [5.41, 5.74) is 1.01. The molecule has 0 aliphatic carbocycles. The molecular formula is C15H18ClN3OS. The Balaban J connectivity index is 1.78. The topological polar surface area (TPSA) is 57.8 Å². The second-order valence-corrected chi connectivity index (χ2v) is 6.48. The molecule has 1 amide bonds. The number of aromatic amines is 1. The van der Waals surface area contributed by atoms with Crippen molar-refractivity contribution in [1.82, 2.24) is 10.2 Å². The van der Waals surface area contributed by atoms with Crippen molar-refractivity contribution in [3.8, 4) is 0 Å². The van der Waals surface area contributed by atoms with Crippen LogP contribution in [0.1, 0.15) is 31.9 Å². The lowest BCUT2D eigenvalue weighted by Crippen LogP contribution is -2.12. The fraction of sp³-hybridized carbons (Fsp3) is 0.333. The number of thioether (sulfide) groups is 1. The molecule has 0 aliphatic rings. The Kier molecular flexibility index (Phi) is 5.70. The van der Waals surface area contributed by atoms with Gasteiger partial charge in [0.2, 0.25) is 5.91 Å². The summed E-state index contributed by atoms with van der Waals surface area (Å²) >= 11 is 7.64. The number of H-pyrrole nitrogens is 1. The molecule has 0 saturated carbocycles. The maximum atomic E-state index is 11.9. The van der Waals surface area contributed by atoms with E-state index in [0.29, 0.717) is 23.9 Å². The van der Waals surface area contributed by atoms with Crippen LogP contribution in [0.2, 0.25) is 5.02 Å². The molecule has 2 rings (SSSR count). The Morgan fingerprint density at radius 1 is 1.43 bits per heavy atom. The molecule has 0 saturated heterocycles. The SMILES string of the molecule is CC(C)c1cc(NC(=O)CCSc2ccccc2Cl)n[nH]1. The number of nitrogens with one attached hydrogen (secondary N) is 2. The third-order valence-corrected chi connectivity index (χ3v) is 4.43. The molecule has 2 aromatic rings. The zero-order valence-corrected chi connectivity index (χ0v) is 13.6. The molecule has 0 spiro atoms. The fourth-order valence-corrected chi connectivity index (χ4v) is 2.90. The smallest absolute Gasteiger partial charge is 0.226 e. The molecule has 1 aromatic heterocycles. The summed E-state index contributed by atoms with van der Waals surface area (Å²) in [4.78, 5) is 12.8. The summed E-state index contributed by atoms with van der Waals surface area (Å²) in [6.07, 6.45) is 0.416. The Morgan fingerprint density at radius 3 is 2.86 bits per heavy atom. The standard InChI is InChI=1S/C15H18ClN3OS/c1-10(2)12-9-14(19-18-12)17-15(20)7-8-21-13-6-4-3-5-11(13)16/h3-6,9-10H,7-8H2,1-2H3,(H2,17,18,19,20). The number of nitrogens with zero attached hydrogens (tertiary/aromatic N) is 1. The van der Waals surface area contributed by atoms with Gasteiger partial charge in [0.05, 0.1) is 5.02 Å². The summed E-state index contributed by atoms with van der Waals surface area (Å²) in [6, 6.07) is 9.49. The van der Waals surface area contributed by atoms with Gasteiger partial charge in [-0.1, -0.05) is 37.6 Å². The van der Waals surface area contributed by atoms with Crippen LogP contribution in [0, 0.1) is 0 Å². The van der Waals surface area contributed by atoms with E-state index in [0.717, 1.165) is 15.6 Å². The third-order valence-electron chi connectivity index (χ3n) is 2.91. The van der Waals surface area contributed by atoms with Crippen molar-refractivity contribution in [3.63, 3.8) is 0 Å². The molecule has 2 N–H and O–H groups in total. The zero-order chi connectivity index (χ0) is 15.2. The minimum atomic E-state index is -0.0450. The molecule has 0 radical (unpaired) electrons. The Bertz CT molecular complexity index is 612. The molecule has 0 atom stereocenters.